The molecule has 0 spiro atoms. The second kappa shape index (κ2) is 7.92. The van der Waals surface area contributed by atoms with E-state index in [1.165, 1.54) is 12.1 Å². The van der Waals surface area contributed by atoms with E-state index in [2.05, 4.69) is 9.97 Å². The van der Waals surface area contributed by atoms with E-state index in [1.807, 2.05) is 9.80 Å². The molecule has 0 bridgehead atoms. The maximum absolute atomic E-state index is 12.9. The Morgan fingerprint density at radius 1 is 1.16 bits per heavy atom. The van der Waals surface area contributed by atoms with Crippen molar-refractivity contribution >= 4 is 11.9 Å². The second-order valence-corrected chi connectivity index (χ2v) is 5.89. The van der Waals surface area contributed by atoms with Crippen LogP contribution in [0.2, 0.25) is 0 Å². The summed E-state index contributed by atoms with van der Waals surface area (Å²) in [5.41, 5.74) is 0.971. The molecule has 0 aliphatic carbocycles. The summed E-state index contributed by atoms with van der Waals surface area (Å²) in [6.07, 6.45) is 2.72. The molecule has 0 radical (unpaired) electrons. The third kappa shape index (κ3) is 4.43. The average molecular weight is 344 g/mol. The lowest BCUT2D eigenvalue weighted by atomic mass is 10.1. The standard InChI is InChI=1S/C18H21FN4O2/c1-25-16-8-9-20-18(21-16)23-12-10-22(11-13-23)17(24)7-4-14-2-5-15(19)6-3-14/h2-3,5-6,8-9H,4,7,10-13H2,1H3. The highest BCUT2D eigenvalue weighted by atomic mass is 19.1. The largest absolute Gasteiger partial charge is 0.481 e. The van der Waals surface area contributed by atoms with Crippen molar-refractivity contribution in [3.8, 4) is 5.88 Å². The van der Waals surface area contributed by atoms with Crippen molar-refractivity contribution in [3.63, 3.8) is 0 Å². The Bertz CT molecular complexity index is 715. The Labute approximate surface area is 146 Å². The molecule has 0 N–H and O–H groups in total. The highest BCUT2D eigenvalue weighted by molar-refractivity contribution is 5.76. The molecule has 2 heterocycles. The lowest BCUT2D eigenvalue weighted by Crippen LogP contribution is -2.49. The van der Waals surface area contributed by atoms with Gasteiger partial charge in [-0.25, -0.2) is 9.37 Å². The lowest BCUT2D eigenvalue weighted by molar-refractivity contribution is -0.131. The van der Waals surface area contributed by atoms with E-state index in [-0.39, 0.29) is 11.7 Å². The molecule has 1 amide bonds. The molecule has 132 valence electrons. The van der Waals surface area contributed by atoms with Crippen LogP contribution in [0.5, 0.6) is 5.88 Å². The summed E-state index contributed by atoms with van der Waals surface area (Å²) >= 11 is 0. The Balaban J connectivity index is 1.49. The van der Waals surface area contributed by atoms with Gasteiger partial charge >= 0.3 is 0 Å². The van der Waals surface area contributed by atoms with Crippen LogP contribution in [-0.4, -0.2) is 54.1 Å². The van der Waals surface area contributed by atoms with Gasteiger partial charge in [-0.2, -0.15) is 4.98 Å². The quantitative estimate of drug-likeness (QED) is 0.829. The lowest BCUT2D eigenvalue weighted by Gasteiger charge is -2.34. The summed E-state index contributed by atoms with van der Waals surface area (Å²) in [4.78, 5) is 24.9. The number of aryl methyl sites for hydroxylation is 1. The van der Waals surface area contributed by atoms with Crippen LogP contribution < -0.4 is 9.64 Å². The number of carbonyl (C=O) groups is 1. The summed E-state index contributed by atoms with van der Waals surface area (Å²) in [5.74, 6) is 1.02. The first-order chi connectivity index (χ1) is 12.2. The minimum absolute atomic E-state index is 0.121. The Morgan fingerprint density at radius 3 is 2.56 bits per heavy atom. The minimum atomic E-state index is -0.258. The van der Waals surface area contributed by atoms with Crippen molar-refractivity contribution in [2.24, 2.45) is 0 Å². The zero-order valence-electron chi connectivity index (χ0n) is 14.2. The van der Waals surface area contributed by atoms with Gasteiger partial charge in [0.2, 0.25) is 17.7 Å². The smallest absolute Gasteiger partial charge is 0.228 e. The number of benzene rings is 1. The number of methoxy groups -OCH3 is 1. The van der Waals surface area contributed by atoms with Crippen molar-refractivity contribution in [3.05, 3.63) is 47.9 Å². The average Bonchev–Trinajstić information content (AvgIpc) is 2.67. The zero-order valence-corrected chi connectivity index (χ0v) is 14.2. The van der Waals surface area contributed by atoms with E-state index >= 15 is 0 Å². The molecule has 25 heavy (non-hydrogen) atoms. The number of amides is 1. The topological polar surface area (TPSA) is 58.6 Å². The molecular weight excluding hydrogens is 323 g/mol. The van der Waals surface area contributed by atoms with E-state index in [4.69, 9.17) is 4.74 Å². The summed E-state index contributed by atoms with van der Waals surface area (Å²) < 4.78 is 18.0. The number of nitrogens with zero attached hydrogens (tertiary/aromatic N) is 4. The Kier molecular flexibility index (Phi) is 5.42. The third-order valence-electron chi connectivity index (χ3n) is 4.28. The predicted octanol–water partition coefficient (Wildman–Crippen LogP) is 1.91. The molecule has 2 aromatic rings. The fourth-order valence-electron chi connectivity index (χ4n) is 2.81. The number of hydrogen-bond acceptors (Lipinski definition) is 5. The number of piperazine rings is 1. The number of ether oxygens (including phenoxy) is 1. The number of aromatic nitrogens is 2. The van der Waals surface area contributed by atoms with Crippen molar-refractivity contribution in [2.45, 2.75) is 12.8 Å². The van der Waals surface area contributed by atoms with Crippen LogP contribution in [0.4, 0.5) is 10.3 Å². The second-order valence-electron chi connectivity index (χ2n) is 5.89. The molecule has 1 fully saturated rings. The van der Waals surface area contributed by atoms with Gasteiger partial charge in [-0.15, -0.1) is 0 Å². The summed E-state index contributed by atoms with van der Waals surface area (Å²) in [6, 6.07) is 8.00. The Morgan fingerprint density at radius 2 is 1.88 bits per heavy atom. The normalized spacial score (nSPS) is 14.5. The molecule has 1 saturated heterocycles. The minimum Gasteiger partial charge on any atom is -0.481 e. The van der Waals surface area contributed by atoms with Crippen LogP contribution in [0.1, 0.15) is 12.0 Å². The number of halogens is 1. The van der Waals surface area contributed by atoms with Crippen LogP contribution in [0.15, 0.2) is 36.5 Å². The molecule has 0 atom stereocenters. The molecule has 1 aliphatic heterocycles. The fraction of sp³-hybridized carbons (Fsp3) is 0.389. The van der Waals surface area contributed by atoms with Crippen molar-refractivity contribution in [1.82, 2.24) is 14.9 Å². The van der Waals surface area contributed by atoms with Crippen LogP contribution in [-0.2, 0) is 11.2 Å². The monoisotopic (exact) mass is 344 g/mol. The molecule has 1 aromatic heterocycles. The van der Waals surface area contributed by atoms with E-state index in [9.17, 15) is 9.18 Å². The molecule has 1 aromatic carbocycles. The van der Waals surface area contributed by atoms with Crippen LogP contribution in [0.25, 0.3) is 0 Å². The van der Waals surface area contributed by atoms with Crippen molar-refractivity contribution in [2.75, 3.05) is 38.2 Å². The van der Waals surface area contributed by atoms with Gasteiger partial charge in [-0.05, 0) is 24.1 Å². The van der Waals surface area contributed by atoms with Gasteiger partial charge in [0.25, 0.3) is 0 Å². The highest BCUT2D eigenvalue weighted by Crippen LogP contribution is 2.15. The first-order valence-corrected chi connectivity index (χ1v) is 8.30. The molecule has 0 saturated carbocycles. The van der Waals surface area contributed by atoms with Crippen LogP contribution >= 0.6 is 0 Å². The predicted molar refractivity (Wildman–Crippen MR) is 92.1 cm³/mol. The summed E-state index contributed by atoms with van der Waals surface area (Å²) in [6.45, 7) is 2.66. The van der Waals surface area contributed by atoms with Crippen LogP contribution in [0.3, 0.4) is 0 Å². The molecule has 3 rings (SSSR count). The van der Waals surface area contributed by atoms with Gasteiger partial charge in [-0.1, -0.05) is 12.1 Å². The van der Waals surface area contributed by atoms with Gasteiger partial charge in [0.05, 0.1) is 7.11 Å². The zero-order chi connectivity index (χ0) is 17.6. The number of anilines is 1. The van der Waals surface area contributed by atoms with E-state index in [1.54, 1.807) is 31.5 Å². The van der Waals surface area contributed by atoms with Gasteiger partial charge < -0.3 is 14.5 Å². The van der Waals surface area contributed by atoms with E-state index in [0.29, 0.717) is 50.8 Å². The SMILES string of the molecule is COc1ccnc(N2CCN(C(=O)CCc3ccc(F)cc3)CC2)n1. The highest BCUT2D eigenvalue weighted by Gasteiger charge is 2.22. The van der Waals surface area contributed by atoms with Crippen molar-refractivity contribution < 1.29 is 13.9 Å². The van der Waals surface area contributed by atoms with E-state index < -0.39 is 0 Å². The number of carbonyl (C=O) groups excluding carboxylic acids is 1. The molecule has 7 heteroatoms. The number of rotatable bonds is 5. The Hall–Kier alpha value is -2.70. The molecule has 0 unspecified atom stereocenters. The third-order valence-corrected chi connectivity index (χ3v) is 4.28. The van der Waals surface area contributed by atoms with Gasteiger partial charge in [0.15, 0.2) is 0 Å². The molecule has 6 nitrogen and oxygen atoms in total. The van der Waals surface area contributed by atoms with Gasteiger partial charge in [-0.3, -0.25) is 4.79 Å². The maximum Gasteiger partial charge on any atom is 0.228 e. The summed E-state index contributed by atoms with van der Waals surface area (Å²) in [5, 5.41) is 0. The first-order valence-electron chi connectivity index (χ1n) is 8.30. The molecule has 1 aliphatic rings. The van der Waals surface area contributed by atoms with E-state index in [0.717, 1.165) is 5.56 Å². The van der Waals surface area contributed by atoms with Crippen molar-refractivity contribution in [1.29, 1.82) is 0 Å². The first kappa shape index (κ1) is 17.1. The fourth-order valence-corrected chi connectivity index (χ4v) is 2.81. The van der Waals surface area contributed by atoms with Gasteiger partial charge in [0.1, 0.15) is 5.82 Å². The molecular formula is C18H21FN4O2. The maximum atomic E-state index is 12.9. The summed E-state index contributed by atoms with van der Waals surface area (Å²) in [7, 11) is 1.57. The van der Waals surface area contributed by atoms with Crippen LogP contribution in [0, 0.1) is 5.82 Å². The number of hydrogen-bond donors (Lipinski definition) is 0. The van der Waals surface area contributed by atoms with Gasteiger partial charge in [0, 0.05) is 44.9 Å².